The van der Waals surface area contributed by atoms with Crippen molar-refractivity contribution in [2.45, 2.75) is 26.1 Å². The number of hydrogen-bond acceptors (Lipinski definition) is 6. The monoisotopic (exact) mass is 437 g/mol. The molecular formula is C21H28ClN3O5. The molecule has 4 N–H and O–H groups in total. The molecule has 3 rings (SSSR count). The summed E-state index contributed by atoms with van der Waals surface area (Å²) in [5.74, 6) is 1.88. The van der Waals surface area contributed by atoms with Crippen molar-refractivity contribution in [3.63, 3.8) is 0 Å². The summed E-state index contributed by atoms with van der Waals surface area (Å²) in [4.78, 5) is 17.0. The van der Waals surface area contributed by atoms with Crippen molar-refractivity contribution in [3.8, 4) is 17.2 Å². The Balaban J connectivity index is 0.00000320. The van der Waals surface area contributed by atoms with Crippen molar-refractivity contribution in [2.24, 2.45) is 0 Å². The highest BCUT2D eigenvalue weighted by molar-refractivity contribution is 5.85. The Hall–Kier alpha value is -2.68. The Morgan fingerprint density at radius 1 is 1.03 bits per heavy atom. The molecule has 0 aliphatic rings. The van der Waals surface area contributed by atoms with E-state index >= 15 is 0 Å². The maximum Gasteiger partial charge on any atom is 0.323 e. The third-order valence-electron chi connectivity index (χ3n) is 4.49. The topological polar surface area (TPSA) is 109 Å². The summed E-state index contributed by atoms with van der Waals surface area (Å²) in [5, 5.41) is 13.4. The van der Waals surface area contributed by atoms with Gasteiger partial charge in [-0.15, -0.1) is 12.4 Å². The maximum atomic E-state index is 11.6. The molecule has 0 amide bonds. The van der Waals surface area contributed by atoms with Gasteiger partial charge in [0, 0.05) is 13.1 Å². The number of halogens is 1. The summed E-state index contributed by atoms with van der Waals surface area (Å²) >= 11 is 0. The fraction of sp³-hybridized carbons (Fsp3) is 0.381. The Kier molecular flexibility index (Phi) is 8.58. The van der Waals surface area contributed by atoms with Gasteiger partial charge < -0.3 is 34.6 Å². The summed E-state index contributed by atoms with van der Waals surface area (Å²) in [5.41, 5.74) is 1.97. The minimum Gasteiger partial charge on any atom is -0.493 e. The number of aromatic amines is 2. The van der Waals surface area contributed by atoms with Crippen LogP contribution in [0.4, 0.5) is 0 Å². The Morgan fingerprint density at radius 3 is 2.47 bits per heavy atom. The van der Waals surface area contributed by atoms with E-state index in [0.717, 1.165) is 5.56 Å². The minimum absolute atomic E-state index is 0. The lowest BCUT2D eigenvalue weighted by atomic mass is 10.2. The number of ether oxygens (including phenoxy) is 3. The fourth-order valence-electron chi connectivity index (χ4n) is 3.02. The lowest BCUT2D eigenvalue weighted by molar-refractivity contribution is 0.103. The van der Waals surface area contributed by atoms with Crippen LogP contribution in [0, 0.1) is 6.92 Å². The highest BCUT2D eigenvalue weighted by atomic mass is 35.5. The number of para-hydroxylation sites is 2. The second-order valence-corrected chi connectivity index (χ2v) is 6.91. The van der Waals surface area contributed by atoms with E-state index in [1.807, 2.05) is 44.2 Å². The number of fused-ring (bicyclic) bond motifs is 1. The molecule has 0 spiro atoms. The van der Waals surface area contributed by atoms with E-state index in [-0.39, 0.29) is 30.8 Å². The molecule has 3 aromatic rings. The van der Waals surface area contributed by atoms with Crippen LogP contribution in [0.25, 0.3) is 11.0 Å². The second kappa shape index (κ2) is 10.9. The minimum atomic E-state index is -0.713. The number of imidazole rings is 1. The second-order valence-electron chi connectivity index (χ2n) is 6.91. The van der Waals surface area contributed by atoms with Crippen LogP contribution in [0.3, 0.4) is 0 Å². The number of benzene rings is 2. The van der Waals surface area contributed by atoms with Gasteiger partial charge in [-0.05, 0) is 37.6 Å². The molecule has 0 saturated heterocycles. The predicted molar refractivity (Wildman–Crippen MR) is 118 cm³/mol. The summed E-state index contributed by atoms with van der Waals surface area (Å²) in [6.07, 6.45) is -0.823. The molecule has 30 heavy (non-hydrogen) atoms. The third kappa shape index (κ3) is 5.91. The van der Waals surface area contributed by atoms with Gasteiger partial charge in [-0.25, -0.2) is 4.79 Å². The normalized spacial score (nSPS) is 12.8. The molecule has 8 nitrogen and oxygen atoms in total. The molecule has 0 radical (unpaired) electrons. The van der Waals surface area contributed by atoms with Gasteiger partial charge >= 0.3 is 5.69 Å². The molecular weight excluding hydrogens is 410 g/mol. The molecule has 9 heteroatoms. The van der Waals surface area contributed by atoms with Crippen LogP contribution in [0.5, 0.6) is 17.2 Å². The Bertz CT molecular complexity index is 1000. The first-order valence-electron chi connectivity index (χ1n) is 9.50. The number of methoxy groups -OCH3 is 1. The number of aliphatic hydroxyl groups excluding tert-OH is 1. The highest BCUT2D eigenvalue weighted by Gasteiger charge is 2.12. The van der Waals surface area contributed by atoms with Crippen LogP contribution in [0.1, 0.15) is 12.5 Å². The van der Waals surface area contributed by atoms with Crippen molar-refractivity contribution >= 4 is 23.4 Å². The summed E-state index contributed by atoms with van der Waals surface area (Å²) in [6, 6.07) is 11.1. The van der Waals surface area contributed by atoms with Gasteiger partial charge in [0.2, 0.25) is 0 Å². The maximum absolute atomic E-state index is 11.6. The lowest BCUT2D eigenvalue weighted by Gasteiger charge is -2.19. The molecule has 0 aliphatic heterocycles. The van der Waals surface area contributed by atoms with E-state index in [2.05, 4.69) is 15.3 Å². The van der Waals surface area contributed by atoms with Crippen LogP contribution in [-0.2, 0) is 0 Å². The van der Waals surface area contributed by atoms with Gasteiger partial charge in [0.15, 0.2) is 11.5 Å². The van der Waals surface area contributed by atoms with Crippen LogP contribution >= 0.6 is 12.4 Å². The molecule has 2 aromatic carbocycles. The molecule has 1 aromatic heterocycles. The summed E-state index contributed by atoms with van der Waals surface area (Å²) in [7, 11) is 1.60. The van der Waals surface area contributed by atoms with Crippen LogP contribution < -0.4 is 25.2 Å². The highest BCUT2D eigenvalue weighted by Crippen LogP contribution is 2.26. The largest absolute Gasteiger partial charge is 0.493 e. The van der Waals surface area contributed by atoms with Crippen molar-refractivity contribution < 1.29 is 19.3 Å². The smallest absolute Gasteiger partial charge is 0.323 e. The molecule has 0 aliphatic carbocycles. The molecule has 2 atom stereocenters. The van der Waals surface area contributed by atoms with E-state index in [1.54, 1.807) is 13.2 Å². The predicted octanol–water partition coefficient (Wildman–Crippen LogP) is 2.39. The summed E-state index contributed by atoms with van der Waals surface area (Å²) in [6.45, 7) is 4.84. The van der Waals surface area contributed by atoms with Crippen molar-refractivity contribution in [1.29, 1.82) is 0 Å². The van der Waals surface area contributed by atoms with Gasteiger partial charge in [-0.2, -0.15) is 0 Å². The molecule has 164 valence electrons. The van der Waals surface area contributed by atoms with Gasteiger partial charge in [0.1, 0.15) is 30.1 Å². The van der Waals surface area contributed by atoms with Crippen molar-refractivity contribution in [1.82, 2.24) is 15.3 Å². The molecule has 0 bridgehead atoms. The van der Waals surface area contributed by atoms with E-state index < -0.39 is 6.10 Å². The zero-order chi connectivity index (χ0) is 20.8. The molecule has 0 saturated carbocycles. The standard InChI is InChI=1S/C21H27N3O5.ClH/c1-13-8-9-18(20-19(13)23-21(26)24-20)28-12-15(25)11-22-10-14(2)29-17-7-5-4-6-16(17)27-3;/h4-9,14-15,22,25H,10-12H2,1-3H3,(H2,23,24,26);1H. The molecule has 0 fully saturated rings. The van der Waals surface area contributed by atoms with Crippen LogP contribution in [-0.4, -0.2) is 54.1 Å². The summed E-state index contributed by atoms with van der Waals surface area (Å²) < 4.78 is 16.9. The Labute approximate surface area is 181 Å². The number of rotatable bonds is 10. The van der Waals surface area contributed by atoms with Gasteiger partial charge in [-0.1, -0.05) is 18.2 Å². The van der Waals surface area contributed by atoms with Gasteiger partial charge in [0.05, 0.1) is 12.6 Å². The quantitative estimate of drug-likeness (QED) is 0.388. The van der Waals surface area contributed by atoms with E-state index in [1.165, 1.54) is 0 Å². The first-order chi connectivity index (χ1) is 14.0. The lowest BCUT2D eigenvalue weighted by Crippen LogP contribution is -2.36. The average Bonchev–Trinajstić information content (AvgIpc) is 3.10. The zero-order valence-corrected chi connectivity index (χ0v) is 18.0. The first-order valence-corrected chi connectivity index (χ1v) is 9.50. The van der Waals surface area contributed by atoms with E-state index in [9.17, 15) is 9.90 Å². The fourth-order valence-corrected chi connectivity index (χ4v) is 3.02. The van der Waals surface area contributed by atoms with Crippen molar-refractivity contribution in [3.05, 3.63) is 52.4 Å². The Morgan fingerprint density at radius 2 is 1.73 bits per heavy atom. The number of aromatic nitrogens is 2. The number of H-pyrrole nitrogens is 2. The van der Waals surface area contributed by atoms with Crippen molar-refractivity contribution in [2.75, 3.05) is 26.8 Å². The molecule has 1 heterocycles. The van der Waals surface area contributed by atoms with Crippen LogP contribution in [0.2, 0.25) is 0 Å². The number of aryl methyl sites for hydroxylation is 1. The van der Waals surface area contributed by atoms with Gasteiger partial charge in [0.25, 0.3) is 0 Å². The molecule has 2 unspecified atom stereocenters. The SMILES string of the molecule is COc1ccccc1OC(C)CNCC(O)COc1ccc(C)c2[nH]c(=O)[nH]c12.Cl. The number of nitrogens with one attached hydrogen (secondary N) is 3. The average molecular weight is 438 g/mol. The number of aliphatic hydroxyl groups is 1. The number of hydrogen-bond donors (Lipinski definition) is 4. The van der Waals surface area contributed by atoms with E-state index in [4.69, 9.17) is 14.2 Å². The van der Waals surface area contributed by atoms with Crippen LogP contribution in [0.15, 0.2) is 41.2 Å². The first kappa shape index (κ1) is 23.6. The van der Waals surface area contributed by atoms with Gasteiger partial charge in [-0.3, -0.25) is 0 Å². The van der Waals surface area contributed by atoms with E-state index in [0.29, 0.717) is 41.4 Å². The zero-order valence-electron chi connectivity index (χ0n) is 17.2. The third-order valence-corrected chi connectivity index (χ3v) is 4.49.